The molecule has 0 radical (unpaired) electrons. The van der Waals surface area contributed by atoms with E-state index in [9.17, 15) is 5.11 Å². The average molecular weight is 224 g/mol. The molecule has 1 atom stereocenters. The molecular weight excluding hydrogens is 210 g/mol. The van der Waals surface area contributed by atoms with Crippen LogP contribution < -0.4 is 5.73 Å². The Balaban J connectivity index is 0.00000112. The molecule has 15 heavy (non-hydrogen) atoms. The van der Waals surface area contributed by atoms with Crippen LogP contribution in [0.4, 0.5) is 0 Å². The highest BCUT2D eigenvalue weighted by molar-refractivity contribution is 5.86. The number of aliphatic hydroxyl groups excluding tert-OH is 1. The van der Waals surface area contributed by atoms with E-state index in [4.69, 9.17) is 5.73 Å². The van der Waals surface area contributed by atoms with Gasteiger partial charge >= 0.3 is 0 Å². The molecule has 3 N–H and O–H groups in total. The zero-order valence-electron chi connectivity index (χ0n) is 8.26. The van der Waals surface area contributed by atoms with Crippen molar-refractivity contribution in [2.45, 2.75) is 6.10 Å². The Morgan fingerprint density at radius 2 is 1.73 bits per heavy atom. The summed E-state index contributed by atoms with van der Waals surface area (Å²) in [6, 6.07) is 13.9. The molecule has 2 aromatic rings. The number of benzene rings is 2. The van der Waals surface area contributed by atoms with Gasteiger partial charge in [-0.1, -0.05) is 42.5 Å². The largest absolute Gasteiger partial charge is 0.387 e. The fourth-order valence-electron chi connectivity index (χ4n) is 1.67. The minimum absolute atomic E-state index is 0. The van der Waals surface area contributed by atoms with E-state index < -0.39 is 6.10 Å². The molecule has 0 saturated carbocycles. The smallest absolute Gasteiger partial charge is 0.0918 e. The molecule has 3 heteroatoms. The van der Waals surface area contributed by atoms with Gasteiger partial charge in [0.15, 0.2) is 0 Å². The van der Waals surface area contributed by atoms with Crippen molar-refractivity contribution in [1.29, 1.82) is 0 Å². The second-order valence-electron chi connectivity index (χ2n) is 3.32. The van der Waals surface area contributed by atoms with Crippen LogP contribution in [0.25, 0.3) is 10.8 Å². The van der Waals surface area contributed by atoms with Crippen LogP contribution in [-0.2, 0) is 0 Å². The monoisotopic (exact) mass is 223 g/mol. The van der Waals surface area contributed by atoms with Gasteiger partial charge in [0.1, 0.15) is 0 Å². The molecule has 0 heterocycles. The van der Waals surface area contributed by atoms with E-state index in [0.717, 1.165) is 16.3 Å². The fourth-order valence-corrected chi connectivity index (χ4v) is 1.67. The highest BCUT2D eigenvalue weighted by Crippen LogP contribution is 2.23. The third kappa shape index (κ3) is 2.29. The second-order valence-corrected chi connectivity index (χ2v) is 3.32. The van der Waals surface area contributed by atoms with E-state index in [-0.39, 0.29) is 19.0 Å². The molecule has 0 aromatic heterocycles. The minimum Gasteiger partial charge on any atom is -0.387 e. The highest BCUT2D eigenvalue weighted by Gasteiger charge is 2.07. The first kappa shape index (κ1) is 12.0. The summed E-state index contributed by atoms with van der Waals surface area (Å²) in [7, 11) is 0. The summed E-state index contributed by atoms with van der Waals surface area (Å²) in [4.78, 5) is 0. The SMILES string of the molecule is Cl.NCC(O)c1cccc2ccccc12. The molecule has 0 amide bonds. The lowest BCUT2D eigenvalue weighted by Gasteiger charge is -2.11. The quantitative estimate of drug-likeness (QED) is 0.821. The van der Waals surface area contributed by atoms with Crippen LogP contribution in [0.5, 0.6) is 0 Å². The van der Waals surface area contributed by atoms with E-state index in [1.807, 2.05) is 42.5 Å². The van der Waals surface area contributed by atoms with E-state index >= 15 is 0 Å². The summed E-state index contributed by atoms with van der Waals surface area (Å²) in [5.74, 6) is 0. The topological polar surface area (TPSA) is 46.2 Å². The van der Waals surface area contributed by atoms with Crippen LogP contribution in [0.2, 0.25) is 0 Å². The number of hydrogen-bond donors (Lipinski definition) is 2. The average Bonchev–Trinajstić information content (AvgIpc) is 2.27. The molecule has 1 unspecified atom stereocenters. The third-order valence-corrected chi connectivity index (χ3v) is 2.41. The Morgan fingerprint density at radius 3 is 2.47 bits per heavy atom. The van der Waals surface area contributed by atoms with Crippen molar-refractivity contribution < 1.29 is 5.11 Å². The maximum atomic E-state index is 9.70. The van der Waals surface area contributed by atoms with Crippen LogP contribution in [0.15, 0.2) is 42.5 Å². The van der Waals surface area contributed by atoms with Gasteiger partial charge in [0.05, 0.1) is 6.10 Å². The number of rotatable bonds is 2. The van der Waals surface area contributed by atoms with Crippen LogP contribution in [0, 0.1) is 0 Å². The van der Waals surface area contributed by atoms with Crippen molar-refractivity contribution in [3.05, 3.63) is 48.0 Å². The van der Waals surface area contributed by atoms with Gasteiger partial charge in [0, 0.05) is 6.54 Å². The van der Waals surface area contributed by atoms with Gasteiger partial charge in [0.2, 0.25) is 0 Å². The summed E-state index contributed by atoms with van der Waals surface area (Å²) < 4.78 is 0. The number of nitrogens with two attached hydrogens (primary N) is 1. The first-order valence-corrected chi connectivity index (χ1v) is 4.68. The maximum absolute atomic E-state index is 9.70. The first-order chi connectivity index (χ1) is 6.83. The van der Waals surface area contributed by atoms with Gasteiger partial charge in [-0.3, -0.25) is 0 Å². The van der Waals surface area contributed by atoms with Gasteiger partial charge in [-0.25, -0.2) is 0 Å². The molecule has 0 spiro atoms. The fraction of sp³-hybridized carbons (Fsp3) is 0.167. The molecule has 0 bridgehead atoms. The maximum Gasteiger partial charge on any atom is 0.0918 e. The second kappa shape index (κ2) is 5.12. The molecule has 2 aromatic carbocycles. The Hall–Kier alpha value is -1.09. The zero-order chi connectivity index (χ0) is 9.97. The van der Waals surface area contributed by atoms with Crippen molar-refractivity contribution in [2.75, 3.05) is 6.54 Å². The predicted octanol–water partition coefficient (Wildman–Crippen LogP) is 2.25. The zero-order valence-corrected chi connectivity index (χ0v) is 9.08. The molecule has 0 aliphatic carbocycles. The predicted molar refractivity (Wildman–Crippen MR) is 65.2 cm³/mol. The van der Waals surface area contributed by atoms with Crippen molar-refractivity contribution in [3.63, 3.8) is 0 Å². The lowest BCUT2D eigenvalue weighted by molar-refractivity contribution is 0.188. The Bertz CT molecular complexity index is 439. The normalized spacial score (nSPS) is 12.1. The van der Waals surface area contributed by atoms with Crippen molar-refractivity contribution >= 4 is 23.2 Å². The van der Waals surface area contributed by atoms with Crippen LogP contribution in [0.1, 0.15) is 11.7 Å². The highest BCUT2D eigenvalue weighted by atomic mass is 35.5. The molecule has 0 fully saturated rings. The van der Waals surface area contributed by atoms with Crippen LogP contribution >= 0.6 is 12.4 Å². The van der Waals surface area contributed by atoms with Crippen molar-refractivity contribution in [1.82, 2.24) is 0 Å². The molecule has 80 valence electrons. The van der Waals surface area contributed by atoms with E-state index in [1.54, 1.807) is 0 Å². The number of aliphatic hydroxyl groups is 1. The Labute approximate surface area is 95.1 Å². The van der Waals surface area contributed by atoms with Gasteiger partial charge in [-0.15, -0.1) is 12.4 Å². The standard InChI is InChI=1S/C12H13NO.ClH/c13-8-12(14)11-7-3-5-9-4-1-2-6-10(9)11;/h1-7,12,14H,8,13H2;1H. The summed E-state index contributed by atoms with van der Waals surface area (Å²) in [5.41, 5.74) is 6.35. The summed E-state index contributed by atoms with van der Waals surface area (Å²) >= 11 is 0. The van der Waals surface area contributed by atoms with Crippen molar-refractivity contribution in [3.8, 4) is 0 Å². The Morgan fingerprint density at radius 1 is 1.07 bits per heavy atom. The molecule has 0 saturated heterocycles. The van der Waals surface area contributed by atoms with E-state index in [1.165, 1.54) is 0 Å². The lowest BCUT2D eigenvalue weighted by Crippen LogP contribution is -2.11. The van der Waals surface area contributed by atoms with Crippen molar-refractivity contribution in [2.24, 2.45) is 5.73 Å². The molecule has 0 aliphatic rings. The molecular formula is C12H14ClNO. The van der Waals surface area contributed by atoms with Gasteiger partial charge < -0.3 is 10.8 Å². The molecule has 2 nitrogen and oxygen atoms in total. The number of halogens is 1. The summed E-state index contributed by atoms with van der Waals surface area (Å²) in [5, 5.41) is 11.9. The van der Waals surface area contributed by atoms with E-state index in [2.05, 4.69) is 0 Å². The number of fused-ring (bicyclic) bond motifs is 1. The Kier molecular flexibility index (Phi) is 4.09. The first-order valence-electron chi connectivity index (χ1n) is 4.68. The summed E-state index contributed by atoms with van der Waals surface area (Å²) in [6.07, 6.45) is -0.568. The number of hydrogen-bond acceptors (Lipinski definition) is 2. The van der Waals surface area contributed by atoms with Gasteiger partial charge in [0.25, 0.3) is 0 Å². The minimum atomic E-state index is -0.568. The summed E-state index contributed by atoms with van der Waals surface area (Å²) in [6.45, 7) is 0.258. The third-order valence-electron chi connectivity index (χ3n) is 2.41. The molecule has 0 aliphatic heterocycles. The van der Waals surface area contributed by atoms with E-state index in [0.29, 0.717) is 0 Å². The lowest BCUT2D eigenvalue weighted by atomic mass is 10.0. The van der Waals surface area contributed by atoms with Gasteiger partial charge in [-0.05, 0) is 16.3 Å². The van der Waals surface area contributed by atoms with Gasteiger partial charge in [-0.2, -0.15) is 0 Å². The van der Waals surface area contributed by atoms with Crippen LogP contribution in [-0.4, -0.2) is 11.7 Å². The van der Waals surface area contributed by atoms with Crippen LogP contribution in [0.3, 0.4) is 0 Å². The molecule has 2 rings (SSSR count).